The van der Waals surface area contributed by atoms with E-state index in [1.807, 2.05) is 6.07 Å². The number of carbonyl (C=O) groups is 1. The van der Waals surface area contributed by atoms with Crippen LogP contribution in [0.3, 0.4) is 0 Å². The normalized spacial score (nSPS) is 9.72. The van der Waals surface area contributed by atoms with Crippen LogP contribution in [0.25, 0.3) is 11.1 Å². The van der Waals surface area contributed by atoms with Crippen molar-refractivity contribution in [2.45, 2.75) is 0 Å². The number of hydrogen-bond donors (Lipinski definition) is 2. The Morgan fingerprint density at radius 3 is 2.67 bits per heavy atom. The first kappa shape index (κ1) is 11.7. The summed E-state index contributed by atoms with van der Waals surface area (Å²) in [5, 5.41) is 17.8. The summed E-state index contributed by atoms with van der Waals surface area (Å²) in [6, 6.07) is 13.4. The average Bonchev–Trinajstić information content (AvgIpc) is 2.39. The van der Waals surface area contributed by atoms with Crippen LogP contribution in [-0.2, 0) is 0 Å². The number of rotatable bonds is 2. The predicted molar refractivity (Wildman–Crippen MR) is 68.0 cm³/mol. The second-order valence-corrected chi connectivity index (χ2v) is 3.80. The van der Waals surface area contributed by atoms with E-state index in [0.717, 1.165) is 0 Å². The first-order valence-corrected chi connectivity index (χ1v) is 5.25. The molecule has 88 valence electrons. The molecule has 0 aliphatic heterocycles. The standard InChI is InChI=1S/C14H10N2O2/c15-8-9-4-5-13(16)12(6-9)10-2-1-3-11(7-10)14(17)18/h1-7H,16H2,(H,17,18). The van der Waals surface area contributed by atoms with Gasteiger partial charge in [-0.05, 0) is 35.9 Å². The summed E-state index contributed by atoms with van der Waals surface area (Å²) in [6.07, 6.45) is 0. The van der Waals surface area contributed by atoms with E-state index in [4.69, 9.17) is 16.1 Å². The molecule has 2 rings (SSSR count). The minimum atomic E-state index is -0.994. The zero-order valence-corrected chi connectivity index (χ0v) is 9.42. The molecule has 0 atom stereocenters. The third-order valence-electron chi connectivity index (χ3n) is 2.60. The Morgan fingerprint density at radius 1 is 1.22 bits per heavy atom. The van der Waals surface area contributed by atoms with E-state index in [1.54, 1.807) is 30.3 Å². The van der Waals surface area contributed by atoms with Crippen molar-refractivity contribution in [1.82, 2.24) is 0 Å². The van der Waals surface area contributed by atoms with Crippen molar-refractivity contribution in [1.29, 1.82) is 5.26 Å². The molecule has 0 bridgehead atoms. The van der Waals surface area contributed by atoms with Crippen molar-refractivity contribution < 1.29 is 9.90 Å². The summed E-state index contributed by atoms with van der Waals surface area (Å²) >= 11 is 0. The number of benzene rings is 2. The van der Waals surface area contributed by atoms with Crippen LogP contribution in [0.4, 0.5) is 5.69 Å². The molecule has 0 amide bonds. The van der Waals surface area contributed by atoms with Crippen molar-refractivity contribution in [2.24, 2.45) is 0 Å². The summed E-state index contributed by atoms with van der Waals surface area (Å²) in [6.45, 7) is 0. The van der Waals surface area contributed by atoms with Crippen molar-refractivity contribution in [3.8, 4) is 17.2 Å². The first-order chi connectivity index (χ1) is 8.61. The molecule has 4 nitrogen and oxygen atoms in total. The van der Waals surface area contributed by atoms with Crippen molar-refractivity contribution in [3.05, 3.63) is 53.6 Å². The van der Waals surface area contributed by atoms with Crippen LogP contribution in [0.1, 0.15) is 15.9 Å². The molecular weight excluding hydrogens is 228 g/mol. The maximum absolute atomic E-state index is 10.9. The average molecular weight is 238 g/mol. The van der Waals surface area contributed by atoms with E-state index in [0.29, 0.717) is 22.4 Å². The van der Waals surface area contributed by atoms with E-state index in [9.17, 15) is 4.79 Å². The Kier molecular flexibility index (Phi) is 2.98. The van der Waals surface area contributed by atoms with Gasteiger partial charge in [0.15, 0.2) is 0 Å². The van der Waals surface area contributed by atoms with E-state index < -0.39 is 5.97 Å². The lowest BCUT2D eigenvalue weighted by Crippen LogP contribution is -1.97. The van der Waals surface area contributed by atoms with Gasteiger partial charge in [-0.15, -0.1) is 0 Å². The van der Waals surface area contributed by atoms with Gasteiger partial charge in [0.2, 0.25) is 0 Å². The highest BCUT2D eigenvalue weighted by molar-refractivity contribution is 5.90. The largest absolute Gasteiger partial charge is 0.478 e. The molecule has 2 aromatic carbocycles. The number of carboxylic acid groups (broad SMARTS) is 1. The molecule has 0 saturated carbocycles. The monoisotopic (exact) mass is 238 g/mol. The van der Waals surface area contributed by atoms with Gasteiger partial charge >= 0.3 is 5.97 Å². The number of nitriles is 1. The maximum Gasteiger partial charge on any atom is 0.335 e. The van der Waals surface area contributed by atoms with Gasteiger partial charge in [-0.25, -0.2) is 4.79 Å². The number of anilines is 1. The lowest BCUT2D eigenvalue weighted by molar-refractivity contribution is 0.0697. The van der Waals surface area contributed by atoms with Gasteiger partial charge in [0, 0.05) is 11.3 Å². The summed E-state index contributed by atoms with van der Waals surface area (Å²) in [5.41, 5.74) is 8.38. The van der Waals surface area contributed by atoms with Crippen LogP contribution >= 0.6 is 0 Å². The molecule has 0 saturated heterocycles. The van der Waals surface area contributed by atoms with Crippen LogP contribution in [-0.4, -0.2) is 11.1 Å². The fourth-order valence-electron chi connectivity index (χ4n) is 1.70. The Hall–Kier alpha value is -2.80. The van der Waals surface area contributed by atoms with Gasteiger partial charge in [-0.1, -0.05) is 12.1 Å². The quantitative estimate of drug-likeness (QED) is 0.787. The minimum Gasteiger partial charge on any atom is -0.478 e. The summed E-state index contributed by atoms with van der Waals surface area (Å²) in [7, 11) is 0. The van der Waals surface area contributed by atoms with Crippen LogP contribution < -0.4 is 5.73 Å². The van der Waals surface area contributed by atoms with Crippen LogP contribution in [0.5, 0.6) is 0 Å². The van der Waals surface area contributed by atoms with Crippen molar-refractivity contribution in [2.75, 3.05) is 5.73 Å². The van der Waals surface area contributed by atoms with Crippen LogP contribution in [0, 0.1) is 11.3 Å². The van der Waals surface area contributed by atoms with Crippen molar-refractivity contribution >= 4 is 11.7 Å². The van der Waals surface area contributed by atoms with Gasteiger partial charge < -0.3 is 10.8 Å². The number of carboxylic acids is 1. The number of nitrogens with two attached hydrogens (primary N) is 1. The fraction of sp³-hybridized carbons (Fsp3) is 0. The molecule has 0 spiro atoms. The molecule has 4 heteroatoms. The molecule has 0 fully saturated rings. The molecule has 0 aliphatic carbocycles. The van der Waals surface area contributed by atoms with Crippen LogP contribution in [0.2, 0.25) is 0 Å². The zero-order valence-electron chi connectivity index (χ0n) is 9.42. The fourth-order valence-corrected chi connectivity index (χ4v) is 1.70. The predicted octanol–water partition coefficient (Wildman–Crippen LogP) is 2.51. The van der Waals surface area contributed by atoms with E-state index in [1.165, 1.54) is 12.1 Å². The number of nitrogens with zero attached hydrogens (tertiary/aromatic N) is 1. The number of hydrogen-bond acceptors (Lipinski definition) is 3. The molecule has 18 heavy (non-hydrogen) atoms. The van der Waals surface area contributed by atoms with E-state index in [2.05, 4.69) is 0 Å². The minimum absolute atomic E-state index is 0.189. The highest BCUT2D eigenvalue weighted by atomic mass is 16.4. The Bertz CT molecular complexity index is 657. The van der Waals surface area contributed by atoms with Gasteiger partial charge in [0.1, 0.15) is 0 Å². The highest BCUT2D eigenvalue weighted by Crippen LogP contribution is 2.27. The van der Waals surface area contributed by atoms with Gasteiger partial charge in [-0.3, -0.25) is 0 Å². The summed E-state index contributed by atoms with van der Waals surface area (Å²) in [5.74, 6) is -0.994. The number of nitrogen functional groups attached to an aromatic ring is 1. The third-order valence-corrected chi connectivity index (χ3v) is 2.60. The molecule has 0 aliphatic rings. The molecule has 0 radical (unpaired) electrons. The first-order valence-electron chi connectivity index (χ1n) is 5.25. The van der Waals surface area contributed by atoms with Crippen molar-refractivity contribution in [3.63, 3.8) is 0 Å². The zero-order chi connectivity index (χ0) is 13.1. The number of aromatic carboxylic acids is 1. The Balaban J connectivity index is 2.58. The topological polar surface area (TPSA) is 87.1 Å². The highest BCUT2D eigenvalue weighted by Gasteiger charge is 2.08. The summed E-state index contributed by atoms with van der Waals surface area (Å²) < 4.78 is 0. The molecular formula is C14H10N2O2. The maximum atomic E-state index is 10.9. The second kappa shape index (κ2) is 4.60. The molecule has 3 N–H and O–H groups in total. The Morgan fingerprint density at radius 2 is 2.00 bits per heavy atom. The van der Waals surface area contributed by atoms with Gasteiger partial charge in [0.25, 0.3) is 0 Å². The Labute approximate surface area is 104 Å². The SMILES string of the molecule is N#Cc1ccc(N)c(-c2cccc(C(=O)O)c2)c1. The summed E-state index contributed by atoms with van der Waals surface area (Å²) in [4.78, 5) is 10.9. The lowest BCUT2D eigenvalue weighted by Gasteiger charge is -2.07. The lowest BCUT2D eigenvalue weighted by atomic mass is 9.99. The molecule has 0 aromatic heterocycles. The van der Waals surface area contributed by atoms with Gasteiger partial charge in [0.05, 0.1) is 17.2 Å². The third kappa shape index (κ3) is 2.15. The molecule has 0 heterocycles. The molecule has 0 unspecified atom stereocenters. The van der Waals surface area contributed by atoms with E-state index >= 15 is 0 Å². The second-order valence-electron chi connectivity index (χ2n) is 3.80. The van der Waals surface area contributed by atoms with Crippen LogP contribution in [0.15, 0.2) is 42.5 Å². The van der Waals surface area contributed by atoms with Gasteiger partial charge in [-0.2, -0.15) is 5.26 Å². The molecule has 2 aromatic rings. The smallest absolute Gasteiger partial charge is 0.335 e. The van der Waals surface area contributed by atoms with E-state index in [-0.39, 0.29) is 5.56 Å².